The molecule has 0 aliphatic carbocycles. The Morgan fingerprint density at radius 2 is 2.00 bits per heavy atom. The molecule has 0 aliphatic rings. The van der Waals surface area contributed by atoms with Gasteiger partial charge in [-0.1, -0.05) is 6.07 Å². The van der Waals surface area contributed by atoms with Gasteiger partial charge in [-0.05, 0) is 43.5 Å². The van der Waals surface area contributed by atoms with E-state index in [2.05, 4.69) is 28.9 Å². The maximum absolute atomic E-state index is 11.6. The lowest BCUT2D eigenvalue weighted by Crippen LogP contribution is -2.25. The van der Waals surface area contributed by atoms with E-state index in [1.54, 1.807) is 0 Å². The second kappa shape index (κ2) is 6.43. The maximum Gasteiger partial charge on any atom is 0.220 e. The van der Waals surface area contributed by atoms with Crippen LogP contribution in [0.15, 0.2) is 24.3 Å². The summed E-state index contributed by atoms with van der Waals surface area (Å²) in [7, 11) is 2.02. The molecule has 0 saturated heterocycles. The fourth-order valence-electron chi connectivity index (χ4n) is 2.33. The zero-order valence-electron chi connectivity index (χ0n) is 12.3. The van der Waals surface area contributed by atoms with Crippen LogP contribution in [-0.4, -0.2) is 16.4 Å². The van der Waals surface area contributed by atoms with E-state index in [1.165, 1.54) is 5.69 Å². The van der Waals surface area contributed by atoms with Crippen LogP contribution in [0.1, 0.15) is 30.5 Å². The average Bonchev–Trinajstić information content (AvgIpc) is 2.71. The van der Waals surface area contributed by atoms with Crippen molar-refractivity contribution in [2.24, 2.45) is 7.05 Å². The van der Waals surface area contributed by atoms with Gasteiger partial charge in [0.1, 0.15) is 0 Å². The van der Waals surface area contributed by atoms with Crippen molar-refractivity contribution in [1.29, 1.82) is 0 Å². The minimum absolute atomic E-state index is 0.0807. The summed E-state index contributed by atoms with van der Waals surface area (Å²) < 4.78 is 2.12. The summed E-state index contributed by atoms with van der Waals surface area (Å²) in [6.45, 7) is 2.51. The number of aliphatic carboxylic acids is 1. The first kappa shape index (κ1) is 15.1. The van der Waals surface area contributed by atoms with Crippen LogP contribution in [0.4, 0.5) is 0 Å². The number of rotatable bonds is 6. The number of hydrogen-bond donors (Lipinski definition) is 1. The lowest BCUT2D eigenvalue weighted by atomic mass is 10.1. The molecule has 1 amide bonds. The number of benzene rings is 1. The Morgan fingerprint density at radius 3 is 2.71 bits per heavy atom. The van der Waals surface area contributed by atoms with Crippen LogP contribution in [0.5, 0.6) is 0 Å². The molecule has 1 aromatic heterocycles. The summed E-state index contributed by atoms with van der Waals surface area (Å²) in [5.41, 5.74) is 3.38. The molecule has 0 bridgehead atoms. The third-order valence-corrected chi connectivity index (χ3v) is 3.62. The molecule has 5 nitrogen and oxygen atoms in total. The number of amides is 1. The quantitative estimate of drug-likeness (QED) is 0.862. The van der Waals surface area contributed by atoms with Crippen LogP contribution >= 0.6 is 0 Å². The van der Waals surface area contributed by atoms with Gasteiger partial charge < -0.3 is 19.8 Å². The summed E-state index contributed by atoms with van der Waals surface area (Å²) in [6.07, 6.45) is 0.439. The Hall–Kier alpha value is -2.30. The highest BCUT2D eigenvalue weighted by molar-refractivity contribution is 5.82. The summed E-state index contributed by atoms with van der Waals surface area (Å²) in [4.78, 5) is 21.9. The first-order chi connectivity index (χ1) is 9.97. The second-order valence-corrected chi connectivity index (χ2v) is 5.24. The number of aromatic nitrogens is 1. The number of fused-ring (bicyclic) bond motifs is 1. The fourth-order valence-corrected chi connectivity index (χ4v) is 2.33. The third kappa shape index (κ3) is 3.84. The summed E-state index contributed by atoms with van der Waals surface area (Å²) in [5, 5.41) is 14.2. The smallest absolute Gasteiger partial charge is 0.220 e. The molecule has 0 aliphatic heterocycles. The van der Waals surface area contributed by atoms with Crippen molar-refractivity contribution in [1.82, 2.24) is 9.88 Å². The van der Waals surface area contributed by atoms with Gasteiger partial charge in [-0.2, -0.15) is 0 Å². The second-order valence-electron chi connectivity index (χ2n) is 5.24. The van der Waals surface area contributed by atoms with Gasteiger partial charge in [0.25, 0.3) is 0 Å². The minimum Gasteiger partial charge on any atom is -0.550 e. The average molecular weight is 287 g/mol. The van der Waals surface area contributed by atoms with E-state index in [1.807, 2.05) is 19.2 Å². The van der Waals surface area contributed by atoms with Crippen molar-refractivity contribution < 1.29 is 14.7 Å². The Kier molecular flexibility index (Phi) is 4.62. The number of nitrogens with zero attached hydrogens (tertiary/aromatic N) is 1. The molecule has 1 N–H and O–H groups in total. The standard InChI is InChI=1S/C16H20N2O3/c1-11-8-13-9-12(6-7-14(13)18(11)2)10-17-15(19)4-3-5-16(20)21/h6-9H,3-5,10H2,1-2H3,(H,17,19)(H,20,21)/p-1. The van der Waals surface area contributed by atoms with Crippen molar-refractivity contribution in [3.05, 3.63) is 35.5 Å². The molecule has 0 spiro atoms. The van der Waals surface area contributed by atoms with Crippen molar-refractivity contribution in [3.8, 4) is 0 Å². The van der Waals surface area contributed by atoms with Crippen LogP contribution in [0.3, 0.4) is 0 Å². The van der Waals surface area contributed by atoms with Gasteiger partial charge in [0.2, 0.25) is 5.91 Å². The highest BCUT2D eigenvalue weighted by Crippen LogP contribution is 2.19. The van der Waals surface area contributed by atoms with E-state index in [-0.39, 0.29) is 18.7 Å². The Morgan fingerprint density at radius 1 is 1.24 bits per heavy atom. The van der Waals surface area contributed by atoms with E-state index >= 15 is 0 Å². The van der Waals surface area contributed by atoms with Crippen LogP contribution in [0.2, 0.25) is 0 Å². The monoisotopic (exact) mass is 287 g/mol. The van der Waals surface area contributed by atoms with Crippen molar-refractivity contribution in [2.75, 3.05) is 0 Å². The molecule has 21 heavy (non-hydrogen) atoms. The molecule has 0 atom stereocenters. The van der Waals surface area contributed by atoms with Crippen molar-refractivity contribution >= 4 is 22.8 Å². The number of carboxylic acids is 1. The Balaban J connectivity index is 1.91. The topological polar surface area (TPSA) is 74.2 Å². The van der Waals surface area contributed by atoms with Crippen molar-refractivity contribution in [3.63, 3.8) is 0 Å². The predicted molar refractivity (Wildman–Crippen MR) is 78.4 cm³/mol. The molecule has 112 valence electrons. The van der Waals surface area contributed by atoms with Crippen LogP contribution < -0.4 is 10.4 Å². The molecule has 5 heteroatoms. The lowest BCUT2D eigenvalue weighted by molar-refractivity contribution is -0.305. The number of nitrogens with one attached hydrogen (secondary N) is 1. The van der Waals surface area contributed by atoms with Gasteiger partial charge in [0, 0.05) is 42.6 Å². The van der Waals surface area contributed by atoms with Gasteiger partial charge in [-0.15, -0.1) is 0 Å². The van der Waals surface area contributed by atoms with E-state index in [0.29, 0.717) is 13.0 Å². The third-order valence-electron chi connectivity index (χ3n) is 3.62. The first-order valence-corrected chi connectivity index (χ1v) is 6.99. The molecule has 0 radical (unpaired) electrons. The Bertz CT molecular complexity index is 673. The van der Waals surface area contributed by atoms with Crippen LogP contribution in [-0.2, 0) is 23.2 Å². The Labute approximate surface area is 123 Å². The molecule has 2 rings (SSSR count). The van der Waals surface area contributed by atoms with E-state index in [9.17, 15) is 14.7 Å². The molecule has 1 heterocycles. The molecular formula is C16H19N2O3-. The zero-order chi connectivity index (χ0) is 15.4. The number of aryl methyl sites for hydroxylation is 2. The highest BCUT2D eigenvalue weighted by atomic mass is 16.4. The van der Waals surface area contributed by atoms with Crippen LogP contribution in [0.25, 0.3) is 10.9 Å². The lowest BCUT2D eigenvalue weighted by Gasteiger charge is -2.06. The summed E-state index contributed by atoms with van der Waals surface area (Å²) in [5.74, 6) is -1.26. The summed E-state index contributed by atoms with van der Waals surface area (Å²) >= 11 is 0. The minimum atomic E-state index is -1.12. The van der Waals surface area contributed by atoms with Crippen LogP contribution in [0, 0.1) is 6.92 Å². The van der Waals surface area contributed by atoms with Gasteiger partial charge in [0.05, 0.1) is 0 Å². The van der Waals surface area contributed by atoms with Gasteiger partial charge in [-0.3, -0.25) is 4.79 Å². The molecule has 1 aromatic carbocycles. The number of carboxylic acid groups (broad SMARTS) is 1. The summed E-state index contributed by atoms with van der Waals surface area (Å²) in [6, 6.07) is 8.20. The normalized spacial score (nSPS) is 10.8. The van der Waals surface area contributed by atoms with Gasteiger partial charge in [-0.25, -0.2) is 0 Å². The molecule has 0 saturated carbocycles. The molecule has 0 fully saturated rings. The first-order valence-electron chi connectivity index (χ1n) is 6.99. The van der Waals surface area contributed by atoms with Gasteiger partial charge >= 0.3 is 0 Å². The molecule has 0 unspecified atom stereocenters. The SMILES string of the molecule is Cc1cc2cc(CNC(=O)CCCC(=O)[O-])ccc2n1C. The van der Waals surface area contributed by atoms with Gasteiger partial charge in [0.15, 0.2) is 0 Å². The maximum atomic E-state index is 11.6. The number of hydrogen-bond acceptors (Lipinski definition) is 3. The number of carbonyl (C=O) groups is 2. The van der Waals surface area contributed by atoms with E-state index in [4.69, 9.17) is 0 Å². The molecule has 2 aromatic rings. The van der Waals surface area contributed by atoms with E-state index in [0.717, 1.165) is 16.5 Å². The molecular weight excluding hydrogens is 268 g/mol. The zero-order valence-corrected chi connectivity index (χ0v) is 12.3. The predicted octanol–water partition coefficient (Wildman–Crippen LogP) is 1.02. The van der Waals surface area contributed by atoms with Crippen molar-refractivity contribution in [2.45, 2.75) is 32.7 Å². The highest BCUT2D eigenvalue weighted by Gasteiger charge is 2.05. The van der Waals surface area contributed by atoms with E-state index < -0.39 is 5.97 Å². The number of carbonyl (C=O) groups excluding carboxylic acids is 2. The largest absolute Gasteiger partial charge is 0.550 e. The fraction of sp³-hybridized carbons (Fsp3) is 0.375.